The summed E-state index contributed by atoms with van der Waals surface area (Å²) in [6.07, 6.45) is 0. The van der Waals surface area contributed by atoms with E-state index in [0.717, 1.165) is 23.9 Å². The molecular weight excluding hydrogens is 369 g/mol. The standard InChI is InChI=1S/C14H8IN3O2/c15-8-5-6-11-12(7-8)17(19)13-9-3-1-2-4-10(9)16-14(13)18(11)20/h1-7,16H. The van der Waals surface area contributed by atoms with E-state index in [9.17, 15) is 10.4 Å². The van der Waals surface area contributed by atoms with E-state index < -0.39 is 0 Å². The van der Waals surface area contributed by atoms with Crippen LogP contribution in [0.4, 0.5) is 0 Å². The number of H-pyrrole nitrogens is 1. The zero-order valence-corrected chi connectivity index (χ0v) is 12.3. The average molecular weight is 377 g/mol. The fourth-order valence-electron chi connectivity index (χ4n) is 2.54. The highest BCUT2D eigenvalue weighted by molar-refractivity contribution is 14.1. The van der Waals surface area contributed by atoms with E-state index in [4.69, 9.17) is 0 Å². The second-order valence-corrected chi connectivity index (χ2v) is 5.84. The van der Waals surface area contributed by atoms with Gasteiger partial charge in [0.05, 0.1) is 0 Å². The van der Waals surface area contributed by atoms with E-state index in [-0.39, 0.29) is 5.65 Å². The van der Waals surface area contributed by atoms with Gasteiger partial charge in [0.15, 0.2) is 0 Å². The Bertz CT molecular complexity index is 994. The molecule has 0 fully saturated rings. The Hall–Kier alpha value is -2.09. The van der Waals surface area contributed by atoms with Crippen molar-refractivity contribution in [3.05, 3.63) is 56.4 Å². The molecule has 4 aromatic rings. The van der Waals surface area contributed by atoms with Crippen molar-refractivity contribution < 1.29 is 9.46 Å². The highest BCUT2D eigenvalue weighted by Crippen LogP contribution is 2.22. The van der Waals surface area contributed by atoms with Gasteiger partial charge in [-0.1, -0.05) is 12.1 Å². The number of para-hydroxylation sites is 1. The molecule has 0 atom stereocenters. The average Bonchev–Trinajstić information content (AvgIpc) is 2.84. The molecule has 0 aliphatic carbocycles. The molecular formula is C14H8IN3O2. The summed E-state index contributed by atoms with van der Waals surface area (Å²) >= 11 is 2.13. The third kappa shape index (κ3) is 1.42. The van der Waals surface area contributed by atoms with Crippen LogP contribution in [0.1, 0.15) is 0 Å². The SMILES string of the molecule is [O-][n+]1c2ccc(I)cc2[n+]([O-])c2c3ccccc3[nH]c21. The Morgan fingerprint density at radius 2 is 1.75 bits per heavy atom. The largest absolute Gasteiger partial charge is 0.710 e. The van der Waals surface area contributed by atoms with Crippen LogP contribution in [0.15, 0.2) is 42.5 Å². The van der Waals surface area contributed by atoms with Gasteiger partial charge >= 0.3 is 11.2 Å². The number of benzene rings is 2. The Morgan fingerprint density at radius 1 is 0.950 bits per heavy atom. The molecule has 1 N–H and O–H groups in total. The number of rotatable bonds is 0. The van der Waals surface area contributed by atoms with Crippen molar-refractivity contribution in [2.45, 2.75) is 0 Å². The molecule has 2 aromatic carbocycles. The molecule has 0 unspecified atom stereocenters. The maximum absolute atomic E-state index is 12.6. The van der Waals surface area contributed by atoms with Crippen LogP contribution in [0.5, 0.6) is 0 Å². The Labute approximate surface area is 126 Å². The van der Waals surface area contributed by atoms with Crippen molar-refractivity contribution in [2.75, 3.05) is 0 Å². The van der Waals surface area contributed by atoms with Crippen LogP contribution in [0.3, 0.4) is 0 Å². The number of hydrogen-bond acceptors (Lipinski definition) is 2. The van der Waals surface area contributed by atoms with Gasteiger partial charge < -0.3 is 10.4 Å². The third-order valence-corrected chi connectivity index (χ3v) is 4.11. The minimum atomic E-state index is 0.287. The molecule has 0 saturated heterocycles. The van der Waals surface area contributed by atoms with E-state index in [2.05, 4.69) is 27.6 Å². The van der Waals surface area contributed by atoms with Gasteiger partial charge in [-0.3, -0.25) is 0 Å². The fourth-order valence-corrected chi connectivity index (χ4v) is 3.01. The first-order chi connectivity index (χ1) is 9.66. The molecule has 0 aliphatic rings. The topological polar surface area (TPSA) is 69.7 Å². The van der Waals surface area contributed by atoms with Crippen molar-refractivity contribution >= 4 is 55.7 Å². The van der Waals surface area contributed by atoms with E-state index in [0.29, 0.717) is 16.6 Å². The quantitative estimate of drug-likeness (QED) is 0.290. The summed E-state index contributed by atoms with van der Waals surface area (Å²) in [6, 6.07) is 12.6. The van der Waals surface area contributed by atoms with Crippen molar-refractivity contribution in [1.82, 2.24) is 4.98 Å². The van der Waals surface area contributed by atoms with Crippen LogP contribution >= 0.6 is 22.6 Å². The molecule has 20 heavy (non-hydrogen) atoms. The molecule has 0 radical (unpaired) electrons. The van der Waals surface area contributed by atoms with E-state index >= 15 is 0 Å². The zero-order chi connectivity index (χ0) is 13.9. The van der Waals surface area contributed by atoms with Crippen LogP contribution in [0, 0.1) is 14.0 Å². The van der Waals surface area contributed by atoms with Gasteiger partial charge in [-0.2, -0.15) is 4.73 Å². The Morgan fingerprint density at radius 3 is 2.60 bits per heavy atom. The van der Waals surface area contributed by atoms with Gasteiger partial charge in [0.2, 0.25) is 5.52 Å². The lowest BCUT2D eigenvalue weighted by Crippen LogP contribution is -2.39. The monoisotopic (exact) mass is 377 g/mol. The molecule has 98 valence electrons. The number of nitrogens with one attached hydrogen (secondary N) is 1. The van der Waals surface area contributed by atoms with E-state index in [1.54, 1.807) is 12.1 Å². The van der Waals surface area contributed by atoms with Gasteiger partial charge in [0, 0.05) is 9.64 Å². The molecule has 0 aliphatic heterocycles. The lowest BCUT2D eigenvalue weighted by molar-refractivity contribution is -0.591. The van der Waals surface area contributed by atoms with Crippen LogP contribution in [-0.4, -0.2) is 4.98 Å². The second kappa shape index (κ2) is 3.95. The summed E-state index contributed by atoms with van der Waals surface area (Å²) in [7, 11) is 0. The molecule has 0 amide bonds. The summed E-state index contributed by atoms with van der Waals surface area (Å²) in [5, 5.41) is 25.8. The zero-order valence-electron chi connectivity index (χ0n) is 10.1. The van der Waals surface area contributed by atoms with Gasteiger partial charge in [0.1, 0.15) is 10.9 Å². The first kappa shape index (κ1) is 11.7. The smallest absolute Gasteiger partial charge is 0.358 e. The van der Waals surface area contributed by atoms with Crippen molar-refractivity contribution in [1.29, 1.82) is 0 Å². The Kier molecular flexibility index (Phi) is 2.31. The summed E-state index contributed by atoms with van der Waals surface area (Å²) < 4.78 is 2.54. The predicted molar refractivity (Wildman–Crippen MR) is 83.9 cm³/mol. The van der Waals surface area contributed by atoms with Crippen molar-refractivity contribution in [2.24, 2.45) is 0 Å². The first-order valence-corrected chi connectivity index (χ1v) is 7.09. The highest BCUT2D eigenvalue weighted by atomic mass is 127. The molecule has 4 rings (SSSR count). The van der Waals surface area contributed by atoms with Crippen molar-refractivity contribution in [3.63, 3.8) is 0 Å². The minimum Gasteiger partial charge on any atom is -0.710 e. The highest BCUT2D eigenvalue weighted by Gasteiger charge is 2.24. The maximum Gasteiger partial charge on any atom is 0.358 e. The molecule has 0 spiro atoms. The summed E-state index contributed by atoms with van der Waals surface area (Å²) in [5.41, 5.74) is 2.19. The summed E-state index contributed by atoms with van der Waals surface area (Å²) in [6.45, 7) is 0. The van der Waals surface area contributed by atoms with Crippen LogP contribution in [-0.2, 0) is 0 Å². The number of aromatic nitrogens is 3. The number of fused-ring (bicyclic) bond motifs is 4. The molecule has 0 bridgehead atoms. The van der Waals surface area contributed by atoms with Gasteiger partial charge in [-0.15, -0.1) is 0 Å². The van der Waals surface area contributed by atoms with E-state index in [1.165, 1.54) is 0 Å². The van der Waals surface area contributed by atoms with E-state index in [1.807, 2.05) is 30.3 Å². The molecule has 2 heterocycles. The van der Waals surface area contributed by atoms with Gasteiger partial charge in [0.25, 0.3) is 5.52 Å². The number of aromatic amines is 1. The predicted octanol–water partition coefficient (Wildman–Crippen LogP) is 2.35. The lowest BCUT2D eigenvalue weighted by atomic mass is 10.2. The molecule has 5 nitrogen and oxygen atoms in total. The minimum absolute atomic E-state index is 0.287. The van der Waals surface area contributed by atoms with Crippen LogP contribution < -0.4 is 9.46 Å². The fraction of sp³-hybridized carbons (Fsp3) is 0. The summed E-state index contributed by atoms with van der Waals surface area (Å²) in [4.78, 5) is 3.02. The summed E-state index contributed by atoms with van der Waals surface area (Å²) in [5.74, 6) is 0. The van der Waals surface area contributed by atoms with Crippen molar-refractivity contribution in [3.8, 4) is 0 Å². The third-order valence-electron chi connectivity index (χ3n) is 3.44. The maximum atomic E-state index is 12.6. The molecule has 0 saturated carbocycles. The number of halogens is 1. The number of hydrogen-bond donors (Lipinski definition) is 1. The normalized spacial score (nSPS) is 11.7. The second-order valence-electron chi connectivity index (χ2n) is 4.59. The Balaban J connectivity index is 2.36. The van der Waals surface area contributed by atoms with Crippen LogP contribution in [0.25, 0.3) is 33.1 Å². The van der Waals surface area contributed by atoms with Gasteiger partial charge in [-0.25, -0.2) is 9.71 Å². The van der Waals surface area contributed by atoms with Gasteiger partial charge in [-0.05, 0) is 46.9 Å². The van der Waals surface area contributed by atoms with Crippen LogP contribution in [0.2, 0.25) is 0 Å². The molecule has 6 heteroatoms. The lowest BCUT2D eigenvalue weighted by Gasteiger charge is -2.08. The first-order valence-electron chi connectivity index (χ1n) is 6.01. The number of nitrogens with zero attached hydrogens (tertiary/aromatic N) is 2. The molecule has 2 aromatic heterocycles.